The first-order chi connectivity index (χ1) is 16.7. The Hall–Kier alpha value is -3.51. The summed E-state index contributed by atoms with van der Waals surface area (Å²) in [5.41, 5.74) is 5.98. The van der Waals surface area contributed by atoms with E-state index in [4.69, 9.17) is 9.47 Å². The summed E-state index contributed by atoms with van der Waals surface area (Å²) in [6.07, 6.45) is 1.10. The zero-order valence-corrected chi connectivity index (χ0v) is 19.3. The molecule has 6 nitrogen and oxygen atoms in total. The van der Waals surface area contributed by atoms with Gasteiger partial charge in [-0.25, -0.2) is 0 Å². The molecule has 6 rings (SSSR count). The number of nitrogens with zero attached hydrogens (tertiary/aromatic N) is 3. The average molecular weight is 456 g/mol. The predicted octanol–water partition coefficient (Wildman–Crippen LogP) is 3.94. The van der Waals surface area contributed by atoms with Crippen molar-refractivity contribution >= 4 is 11.6 Å². The standard InChI is InChI=1S/C28H29N3O3/c32-28(24-8-5-21(6-9-24)19-31-12-11-23-3-1-2-4-25(23)31)30-15-13-29(14-16-30)18-22-7-10-26-27(17-22)34-20-33-26/h1-10,17H,11-16,18-20H2. The van der Waals surface area contributed by atoms with Crippen molar-refractivity contribution in [3.8, 4) is 11.5 Å². The summed E-state index contributed by atoms with van der Waals surface area (Å²) in [7, 11) is 0. The number of benzene rings is 3. The van der Waals surface area contributed by atoms with Crippen molar-refractivity contribution in [2.24, 2.45) is 0 Å². The summed E-state index contributed by atoms with van der Waals surface area (Å²) in [5, 5.41) is 0. The van der Waals surface area contributed by atoms with Crippen molar-refractivity contribution in [2.75, 3.05) is 44.4 Å². The van der Waals surface area contributed by atoms with Crippen LogP contribution in [0.2, 0.25) is 0 Å². The Morgan fingerprint density at radius 1 is 0.765 bits per heavy atom. The molecule has 3 aliphatic heterocycles. The van der Waals surface area contributed by atoms with Crippen LogP contribution in [-0.4, -0.2) is 55.2 Å². The van der Waals surface area contributed by atoms with Gasteiger partial charge in [-0.3, -0.25) is 9.69 Å². The molecule has 0 aliphatic carbocycles. The van der Waals surface area contributed by atoms with Crippen molar-refractivity contribution in [3.63, 3.8) is 0 Å². The van der Waals surface area contributed by atoms with Crippen LogP contribution in [0.5, 0.6) is 11.5 Å². The van der Waals surface area contributed by atoms with E-state index in [1.165, 1.54) is 22.4 Å². The van der Waals surface area contributed by atoms with Crippen LogP contribution in [0.1, 0.15) is 27.0 Å². The lowest BCUT2D eigenvalue weighted by atomic mass is 10.1. The molecule has 3 aromatic carbocycles. The summed E-state index contributed by atoms with van der Waals surface area (Å²) in [6.45, 7) is 6.31. The molecule has 0 unspecified atom stereocenters. The molecule has 1 saturated heterocycles. The number of piperazine rings is 1. The fourth-order valence-corrected chi connectivity index (χ4v) is 5.13. The Labute approximate surface area is 200 Å². The van der Waals surface area contributed by atoms with E-state index >= 15 is 0 Å². The second-order valence-electron chi connectivity index (χ2n) is 9.25. The van der Waals surface area contributed by atoms with Gasteiger partial charge >= 0.3 is 0 Å². The number of amides is 1. The molecular formula is C28H29N3O3. The Bertz CT molecular complexity index is 1190. The van der Waals surface area contributed by atoms with Gasteiger partial charge in [-0.05, 0) is 53.4 Å². The molecule has 3 aromatic rings. The molecule has 1 amide bonds. The zero-order chi connectivity index (χ0) is 22.9. The van der Waals surface area contributed by atoms with Crippen molar-refractivity contribution in [1.82, 2.24) is 9.80 Å². The summed E-state index contributed by atoms with van der Waals surface area (Å²) >= 11 is 0. The van der Waals surface area contributed by atoms with E-state index in [0.717, 1.165) is 69.3 Å². The smallest absolute Gasteiger partial charge is 0.253 e. The SMILES string of the molecule is O=C(c1ccc(CN2CCc3ccccc32)cc1)N1CCN(Cc2ccc3c(c2)OCO3)CC1. The van der Waals surface area contributed by atoms with Crippen LogP contribution in [-0.2, 0) is 19.5 Å². The largest absolute Gasteiger partial charge is 0.454 e. The molecule has 6 heteroatoms. The fraction of sp³-hybridized carbons (Fsp3) is 0.321. The first kappa shape index (κ1) is 21.1. The Kier molecular flexibility index (Phi) is 5.59. The number of anilines is 1. The average Bonchev–Trinajstić information content (AvgIpc) is 3.51. The lowest BCUT2D eigenvalue weighted by Crippen LogP contribution is -2.48. The summed E-state index contributed by atoms with van der Waals surface area (Å²) in [5.74, 6) is 1.76. The summed E-state index contributed by atoms with van der Waals surface area (Å²) < 4.78 is 10.9. The van der Waals surface area contributed by atoms with Crippen LogP contribution in [0.3, 0.4) is 0 Å². The Balaban J connectivity index is 1.03. The zero-order valence-electron chi connectivity index (χ0n) is 19.3. The van der Waals surface area contributed by atoms with Gasteiger partial charge in [0.2, 0.25) is 6.79 Å². The molecule has 0 radical (unpaired) electrons. The Morgan fingerprint density at radius 3 is 2.38 bits per heavy atom. The summed E-state index contributed by atoms with van der Waals surface area (Å²) in [4.78, 5) is 19.9. The van der Waals surface area contributed by atoms with Crippen LogP contribution in [0.4, 0.5) is 5.69 Å². The number of rotatable bonds is 5. The van der Waals surface area contributed by atoms with Gasteiger partial charge in [-0.1, -0.05) is 36.4 Å². The van der Waals surface area contributed by atoms with Gasteiger partial charge < -0.3 is 19.3 Å². The number of ether oxygens (including phenoxy) is 2. The second-order valence-corrected chi connectivity index (χ2v) is 9.25. The second kappa shape index (κ2) is 9.03. The third-order valence-corrected chi connectivity index (χ3v) is 7.06. The molecule has 174 valence electrons. The van der Waals surface area contributed by atoms with E-state index < -0.39 is 0 Å². The van der Waals surface area contributed by atoms with E-state index in [-0.39, 0.29) is 5.91 Å². The van der Waals surface area contributed by atoms with Gasteiger partial charge in [0.1, 0.15) is 0 Å². The molecule has 1 fully saturated rings. The van der Waals surface area contributed by atoms with Gasteiger partial charge in [0.05, 0.1) is 0 Å². The maximum absolute atomic E-state index is 13.1. The van der Waals surface area contributed by atoms with Crippen LogP contribution in [0.25, 0.3) is 0 Å². The van der Waals surface area contributed by atoms with Crippen LogP contribution >= 0.6 is 0 Å². The number of para-hydroxylation sites is 1. The van der Waals surface area contributed by atoms with E-state index in [0.29, 0.717) is 6.79 Å². The quantitative estimate of drug-likeness (QED) is 0.583. The maximum Gasteiger partial charge on any atom is 0.253 e. The van der Waals surface area contributed by atoms with E-state index in [1.54, 1.807) is 0 Å². The highest BCUT2D eigenvalue weighted by Gasteiger charge is 2.23. The lowest BCUT2D eigenvalue weighted by Gasteiger charge is -2.34. The minimum Gasteiger partial charge on any atom is -0.454 e. The van der Waals surface area contributed by atoms with Crippen LogP contribution < -0.4 is 14.4 Å². The van der Waals surface area contributed by atoms with Crippen LogP contribution in [0, 0.1) is 0 Å². The minimum atomic E-state index is 0.126. The van der Waals surface area contributed by atoms with Gasteiger partial charge in [0, 0.05) is 57.1 Å². The fourth-order valence-electron chi connectivity index (χ4n) is 5.13. The van der Waals surface area contributed by atoms with Crippen molar-refractivity contribution in [3.05, 3.63) is 89.0 Å². The molecule has 0 saturated carbocycles. The topological polar surface area (TPSA) is 45.3 Å². The molecule has 0 N–H and O–H groups in total. The van der Waals surface area contributed by atoms with Gasteiger partial charge in [0.25, 0.3) is 5.91 Å². The first-order valence-corrected chi connectivity index (χ1v) is 12.0. The highest BCUT2D eigenvalue weighted by atomic mass is 16.7. The molecule has 0 atom stereocenters. The number of hydrogen-bond donors (Lipinski definition) is 0. The van der Waals surface area contributed by atoms with E-state index in [9.17, 15) is 4.79 Å². The van der Waals surface area contributed by atoms with Gasteiger partial charge in [-0.15, -0.1) is 0 Å². The maximum atomic E-state index is 13.1. The van der Waals surface area contributed by atoms with Crippen molar-refractivity contribution in [1.29, 1.82) is 0 Å². The molecule has 34 heavy (non-hydrogen) atoms. The predicted molar refractivity (Wildman–Crippen MR) is 131 cm³/mol. The molecular weight excluding hydrogens is 426 g/mol. The number of carbonyl (C=O) groups is 1. The summed E-state index contributed by atoms with van der Waals surface area (Å²) in [6, 6.07) is 22.9. The Morgan fingerprint density at radius 2 is 1.53 bits per heavy atom. The monoisotopic (exact) mass is 455 g/mol. The molecule has 3 heterocycles. The van der Waals surface area contributed by atoms with Crippen molar-refractivity contribution < 1.29 is 14.3 Å². The van der Waals surface area contributed by atoms with Gasteiger partial charge in [0.15, 0.2) is 11.5 Å². The number of carbonyl (C=O) groups excluding carboxylic acids is 1. The molecule has 0 bridgehead atoms. The van der Waals surface area contributed by atoms with E-state index in [1.807, 2.05) is 23.1 Å². The third-order valence-electron chi connectivity index (χ3n) is 7.06. The van der Waals surface area contributed by atoms with Crippen LogP contribution in [0.15, 0.2) is 66.7 Å². The van der Waals surface area contributed by atoms with Crippen molar-refractivity contribution in [2.45, 2.75) is 19.5 Å². The highest BCUT2D eigenvalue weighted by Crippen LogP contribution is 2.33. The lowest BCUT2D eigenvalue weighted by molar-refractivity contribution is 0.0628. The normalized spacial score (nSPS) is 17.2. The number of fused-ring (bicyclic) bond motifs is 2. The van der Waals surface area contributed by atoms with E-state index in [2.05, 4.69) is 58.3 Å². The molecule has 3 aliphatic rings. The van der Waals surface area contributed by atoms with Gasteiger partial charge in [-0.2, -0.15) is 0 Å². The number of hydrogen-bond acceptors (Lipinski definition) is 5. The molecule has 0 spiro atoms. The molecule has 0 aromatic heterocycles. The third kappa shape index (κ3) is 4.21. The minimum absolute atomic E-state index is 0.126. The highest BCUT2D eigenvalue weighted by molar-refractivity contribution is 5.94. The first-order valence-electron chi connectivity index (χ1n) is 12.0.